The molecule has 27 heavy (non-hydrogen) atoms. The van der Waals surface area contributed by atoms with E-state index in [2.05, 4.69) is 34.3 Å². The van der Waals surface area contributed by atoms with Gasteiger partial charge in [0.25, 0.3) is 0 Å². The molecule has 0 saturated carbocycles. The van der Waals surface area contributed by atoms with E-state index in [0.717, 1.165) is 22.9 Å². The molecular weight excluding hydrogens is 336 g/mol. The van der Waals surface area contributed by atoms with Gasteiger partial charge in [0.05, 0.1) is 0 Å². The minimum absolute atomic E-state index is 0.330. The number of nitrogen functional groups attached to an aromatic ring is 1. The van der Waals surface area contributed by atoms with Crippen LogP contribution in [0.5, 0.6) is 11.6 Å². The van der Waals surface area contributed by atoms with Crippen molar-refractivity contribution in [1.82, 2.24) is 9.97 Å². The van der Waals surface area contributed by atoms with Crippen LogP contribution in [0.15, 0.2) is 73.1 Å². The van der Waals surface area contributed by atoms with Gasteiger partial charge in [-0.1, -0.05) is 55.5 Å². The summed E-state index contributed by atoms with van der Waals surface area (Å²) in [5, 5.41) is 5.54. The first-order chi connectivity index (χ1) is 13.2. The SMILES string of the molecule is CCc1ccccc1Nc1ncnc(Oc2ccc3ccccc3c2)c1N. The number of nitrogens with one attached hydrogen (secondary N) is 1. The molecule has 0 saturated heterocycles. The maximum absolute atomic E-state index is 6.27. The lowest BCUT2D eigenvalue weighted by Crippen LogP contribution is -2.04. The van der Waals surface area contributed by atoms with E-state index in [0.29, 0.717) is 23.1 Å². The van der Waals surface area contributed by atoms with Crippen LogP contribution in [0.25, 0.3) is 10.8 Å². The number of aromatic nitrogens is 2. The Morgan fingerprint density at radius 1 is 0.926 bits per heavy atom. The Labute approximate surface area is 157 Å². The van der Waals surface area contributed by atoms with Crippen LogP contribution in [0.3, 0.4) is 0 Å². The predicted molar refractivity (Wildman–Crippen MR) is 110 cm³/mol. The quantitative estimate of drug-likeness (QED) is 0.507. The molecule has 1 heterocycles. The zero-order valence-electron chi connectivity index (χ0n) is 15.0. The fourth-order valence-electron chi connectivity index (χ4n) is 2.98. The Morgan fingerprint density at radius 3 is 2.56 bits per heavy atom. The molecule has 0 unspecified atom stereocenters. The number of nitrogens with two attached hydrogens (primary N) is 1. The second kappa shape index (κ2) is 7.33. The summed E-state index contributed by atoms with van der Waals surface area (Å²) in [7, 11) is 0. The summed E-state index contributed by atoms with van der Waals surface area (Å²) in [6.45, 7) is 2.11. The summed E-state index contributed by atoms with van der Waals surface area (Å²) < 4.78 is 5.94. The number of nitrogens with zero attached hydrogens (tertiary/aromatic N) is 2. The molecule has 0 atom stereocenters. The molecule has 0 aliphatic rings. The number of rotatable bonds is 5. The third-order valence-corrected chi connectivity index (χ3v) is 4.43. The third-order valence-electron chi connectivity index (χ3n) is 4.43. The van der Waals surface area contributed by atoms with E-state index in [9.17, 15) is 0 Å². The van der Waals surface area contributed by atoms with Crippen molar-refractivity contribution >= 4 is 28.0 Å². The monoisotopic (exact) mass is 356 g/mol. The van der Waals surface area contributed by atoms with E-state index >= 15 is 0 Å². The van der Waals surface area contributed by atoms with Gasteiger partial charge in [0.2, 0.25) is 5.88 Å². The zero-order chi connectivity index (χ0) is 18.6. The fraction of sp³-hybridized carbons (Fsp3) is 0.0909. The van der Waals surface area contributed by atoms with Gasteiger partial charge in [-0.15, -0.1) is 0 Å². The van der Waals surface area contributed by atoms with Gasteiger partial charge in [-0.2, -0.15) is 4.98 Å². The molecule has 3 aromatic carbocycles. The predicted octanol–water partition coefficient (Wildman–Crippen LogP) is 5.31. The van der Waals surface area contributed by atoms with Gasteiger partial charge in [0, 0.05) is 5.69 Å². The minimum atomic E-state index is 0.330. The highest BCUT2D eigenvalue weighted by molar-refractivity contribution is 5.84. The second-order valence-electron chi connectivity index (χ2n) is 6.19. The van der Waals surface area contributed by atoms with Crippen LogP contribution in [-0.2, 0) is 6.42 Å². The molecule has 5 nitrogen and oxygen atoms in total. The number of ether oxygens (including phenoxy) is 1. The van der Waals surface area contributed by atoms with Crippen molar-refractivity contribution in [3.05, 3.63) is 78.6 Å². The lowest BCUT2D eigenvalue weighted by molar-refractivity contribution is 0.465. The van der Waals surface area contributed by atoms with Crippen molar-refractivity contribution in [3.8, 4) is 11.6 Å². The number of para-hydroxylation sites is 1. The van der Waals surface area contributed by atoms with Crippen LogP contribution in [0.2, 0.25) is 0 Å². The lowest BCUT2D eigenvalue weighted by Gasteiger charge is -2.14. The summed E-state index contributed by atoms with van der Waals surface area (Å²) in [6, 6.07) is 22.1. The smallest absolute Gasteiger partial charge is 0.248 e. The molecule has 0 aliphatic carbocycles. The largest absolute Gasteiger partial charge is 0.437 e. The van der Waals surface area contributed by atoms with Crippen LogP contribution >= 0.6 is 0 Å². The Kier molecular flexibility index (Phi) is 4.58. The lowest BCUT2D eigenvalue weighted by atomic mass is 10.1. The van der Waals surface area contributed by atoms with Gasteiger partial charge in [-0.25, -0.2) is 4.98 Å². The summed E-state index contributed by atoms with van der Waals surface area (Å²) in [5.41, 5.74) is 8.80. The molecule has 134 valence electrons. The molecule has 4 aromatic rings. The molecule has 0 bridgehead atoms. The topological polar surface area (TPSA) is 73.1 Å². The number of benzene rings is 3. The maximum atomic E-state index is 6.27. The van der Waals surface area contributed by atoms with Gasteiger partial charge in [0.15, 0.2) is 5.82 Å². The number of anilines is 3. The number of hydrogen-bond donors (Lipinski definition) is 2. The van der Waals surface area contributed by atoms with Crippen molar-refractivity contribution in [2.45, 2.75) is 13.3 Å². The average Bonchev–Trinajstić information content (AvgIpc) is 2.71. The zero-order valence-corrected chi connectivity index (χ0v) is 15.0. The van der Waals surface area contributed by atoms with Gasteiger partial charge in [-0.3, -0.25) is 0 Å². The third kappa shape index (κ3) is 3.53. The first-order valence-electron chi connectivity index (χ1n) is 8.86. The van der Waals surface area contributed by atoms with Crippen LogP contribution in [0.1, 0.15) is 12.5 Å². The summed E-state index contributed by atoms with van der Waals surface area (Å²) in [6.07, 6.45) is 2.36. The molecule has 1 aromatic heterocycles. The first-order valence-corrected chi connectivity index (χ1v) is 8.86. The molecule has 4 rings (SSSR count). The Morgan fingerprint density at radius 2 is 1.70 bits per heavy atom. The number of hydrogen-bond acceptors (Lipinski definition) is 5. The van der Waals surface area contributed by atoms with E-state index in [1.165, 1.54) is 11.9 Å². The highest BCUT2D eigenvalue weighted by atomic mass is 16.5. The van der Waals surface area contributed by atoms with Gasteiger partial charge >= 0.3 is 0 Å². The van der Waals surface area contributed by atoms with Crippen LogP contribution in [0.4, 0.5) is 17.2 Å². The van der Waals surface area contributed by atoms with Crippen molar-refractivity contribution in [2.24, 2.45) is 0 Å². The van der Waals surface area contributed by atoms with Crippen molar-refractivity contribution in [1.29, 1.82) is 0 Å². The van der Waals surface area contributed by atoms with Gasteiger partial charge in [0.1, 0.15) is 17.8 Å². The fourth-order valence-corrected chi connectivity index (χ4v) is 2.98. The van der Waals surface area contributed by atoms with Gasteiger partial charge in [-0.05, 0) is 41.0 Å². The van der Waals surface area contributed by atoms with Gasteiger partial charge < -0.3 is 15.8 Å². The van der Waals surface area contributed by atoms with Crippen molar-refractivity contribution in [3.63, 3.8) is 0 Å². The van der Waals surface area contributed by atoms with E-state index in [1.807, 2.05) is 54.6 Å². The summed E-state index contributed by atoms with van der Waals surface area (Å²) >= 11 is 0. The Hall–Kier alpha value is -3.60. The summed E-state index contributed by atoms with van der Waals surface area (Å²) in [5.74, 6) is 1.54. The molecule has 3 N–H and O–H groups in total. The van der Waals surface area contributed by atoms with E-state index < -0.39 is 0 Å². The summed E-state index contributed by atoms with van der Waals surface area (Å²) in [4.78, 5) is 8.47. The molecule has 5 heteroatoms. The Bertz CT molecular complexity index is 1090. The van der Waals surface area contributed by atoms with E-state index in [4.69, 9.17) is 10.5 Å². The standard InChI is InChI=1S/C22H20N4O/c1-2-15-7-5-6-10-19(15)26-21-20(23)22(25-14-24-21)27-18-12-11-16-8-3-4-9-17(16)13-18/h3-14H,2,23H2,1H3,(H,24,25,26). The van der Waals surface area contributed by atoms with Crippen LogP contribution in [0, 0.1) is 0 Å². The normalized spacial score (nSPS) is 10.7. The van der Waals surface area contributed by atoms with Crippen molar-refractivity contribution < 1.29 is 4.74 Å². The highest BCUT2D eigenvalue weighted by Gasteiger charge is 2.12. The van der Waals surface area contributed by atoms with Crippen LogP contribution < -0.4 is 15.8 Å². The second-order valence-corrected chi connectivity index (χ2v) is 6.19. The molecular formula is C22H20N4O. The molecule has 0 aliphatic heterocycles. The van der Waals surface area contributed by atoms with Crippen LogP contribution in [-0.4, -0.2) is 9.97 Å². The average molecular weight is 356 g/mol. The molecule has 0 spiro atoms. The number of aryl methyl sites for hydroxylation is 1. The highest BCUT2D eigenvalue weighted by Crippen LogP contribution is 2.32. The molecule has 0 radical (unpaired) electrons. The van der Waals surface area contributed by atoms with E-state index in [-0.39, 0.29) is 0 Å². The maximum Gasteiger partial charge on any atom is 0.248 e. The Balaban J connectivity index is 1.63. The van der Waals surface area contributed by atoms with Crippen molar-refractivity contribution in [2.75, 3.05) is 11.1 Å². The first kappa shape index (κ1) is 16.8. The number of fused-ring (bicyclic) bond motifs is 1. The minimum Gasteiger partial charge on any atom is -0.437 e. The molecule has 0 fully saturated rings. The molecule has 0 amide bonds. The van der Waals surface area contributed by atoms with E-state index in [1.54, 1.807) is 0 Å².